The second-order valence-electron chi connectivity index (χ2n) is 10.4. The van der Waals surface area contributed by atoms with Crippen molar-refractivity contribution in [3.8, 4) is 11.4 Å². The first-order chi connectivity index (χ1) is 15.6. The average Bonchev–Trinajstić information content (AvgIpc) is 3.38. The van der Waals surface area contributed by atoms with Gasteiger partial charge < -0.3 is 14.6 Å². The molecular formula is C26H37N5O2. The highest BCUT2D eigenvalue weighted by molar-refractivity contribution is 5.98. The molecule has 3 aromatic rings. The number of hydrogen-bond donors (Lipinski definition) is 2. The van der Waals surface area contributed by atoms with E-state index in [0.717, 1.165) is 59.6 Å². The Labute approximate surface area is 196 Å². The van der Waals surface area contributed by atoms with Crippen LogP contribution in [0.2, 0.25) is 0 Å². The molecule has 1 amide bonds. The quantitative estimate of drug-likeness (QED) is 0.577. The van der Waals surface area contributed by atoms with E-state index in [4.69, 9.17) is 4.74 Å². The first kappa shape index (κ1) is 23.5. The number of ether oxygens (including phenoxy) is 1. The molecule has 4 rings (SSSR count). The third-order valence-corrected chi connectivity index (χ3v) is 6.73. The Bertz CT molecular complexity index is 1120. The van der Waals surface area contributed by atoms with Gasteiger partial charge in [-0.3, -0.25) is 14.8 Å². The van der Waals surface area contributed by atoms with Gasteiger partial charge in [0, 0.05) is 48.0 Å². The van der Waals surface area contributed by atoms with Gasteiger partial charge in [0.1, 0.15) is 5.69 Å². The summed E-state index contributed by atoms with van der Waals surface area (Å²) in [5, 5.41) is 8.88. The molecule has 2 N–H and O–H groups in total. The Morgan fingerprint density at radius 3 is 2.67 bits per heavy atom. The van der Waals surface area contributed by atoms with Gasteiger partial charge >= 0.3 is 0 Å². The van der Waals surface area contributed by atoms with Crippen LogP contribution in [0.25, 0.3) is 22.3 Å². The number of H-pyrrole nitrogens is 2. The van der Waals surface area contributed by atoms with E-state index in [-0.39, 0.29) is 17.4 Å². The van der Waals surface area contributed by atoms with Crippen molar-refractivity contribution in [3.05, 3.63) is 35.5 Å². The number of morpholine rings is 1. The minimum atomic E-state index is -0.175. The Hall–Kier alpha value is -2.64. The van der Waals surface area contributed by atoms with Crippen LogP contribution in [-0.4, -0.2) is 65.4 Å². The predicted octanol–water partition coefficient (Wildman–Crippen LogP) is 4.53. The number of nitrogens with one attached hydrogen (secondary N) is 2. The number of carbonyl (C=O) groups is 1. The number of benzene rings is 1. The number of hydrogen-bond acceptors (Lipinski definition) is 4. The fourth-order valence-corrected chi connectivity index (χ4v) is 4.46. The Morgan fingerprint density at radius 1 is 1.24 bits per heavy atom. The molecule has 178 valence electrons. The normalized spacial score (nSPS) is 16.3. The molecule has 2 aromatic heterocycles. The molecule has 7 heteroatoms. The van der Waals surface area contributed by atoms with Crippen molar-refractivity contribution < 1.29 is 9.53 Å². The second kappa shape index (κ2) is 9.31. The van der Waals surface area contributed by atoms with Gasteiger partial charge in [-0.15, -0.1) is 0 Å². The van der Waals surface area contributed by atoms with Gasteiger partial charge in [0.05, 0.1) is 24.9 Å². The molecule has 0 unspecified atom stereocenters. The van der Waals surface area contributed by atoms with Crippen LogP contribution in [-0.2, 0) is 16.0 Å². The molecule has 33 heavy (non-hydrogen) atoms. The third kappa shape index (κ3) is 5.14. The molecule has 0 spiro atoms. The summed E-state index contributed by atoms with van der Waals surface area (Å²) < 4.78 is 5.43. The summed E-state index contributed by atoms with van der Waals surface area (Å²) in [7, 11) is 1.85. The molecule has 1 aliphatic heterocycles. The van der Waals surface area contributed by atoms with Gasteiger partial charge in [-0.25, -0.2) is 0 Å². The largest absolute Gasteiger partial charge is 0.379 e. The van der Waals surface area contributed by atoms with E-state index in [9.17, 15) is 4.79 Å². The van der Waals surface area contributed by atoms with Crippen molar-refractivity contribution in [3.63, 3.8) is 0 Å². The van der Waals surface area contributed by atoms with E-state index in [1.165, 1.54) is 5.56 Å². The van der Waals surface area contributed by atoms with Gasteiger partial charge in [-0.1, -0.05) is 26.8 Å². The lowest BCUT2D eigenvalue weighted by molar-refractivity contribution is -0.124. The lowest BCUT2D eigenvalue weighted by Gasteiger charge is -2.33. The number of nitrogens with zero attached hydrogens (tertiary/aromatic N) is 3. The van der Waals surface area contributed by atoms with Crippen molar-refractivity contribution in [1.29, 1.82) is 0 Å². The predicted molar refractivity (Wildman–Crippen MR) is 134 cm³/mol. The SMILES string of the molecule is Cc1[nH]nc(-c2cc3ccc(N(C)C(=O)[C@@H](C)N4CCOCC4)cc3[nH]2)c1CCC(C)(C)C. The lowest BCUT2D eigenvalue weighted by atomic mass is 9.88. The lowest BCUT2D eigenvalue weighted by Crippen LogP contribution is -2.50. The van der Waals surface area contributed by atoms with Crippen LogP contribution >= 0.6 is 0 Å². The number of aromatic nitrogens is 3. The number of aryl methyl sites for hydroxylation is 1. The maximum atomic E-state index is 13.1. The van der Waals surface area contributed by atoms with E-state index in [0.29, 0.717) is 13.2 Å². The van der Waals surface area contributed by atoms with Gasteiger partial charge in [-0.2, -0.15) is 5.10 Å². The van der Waals surface area contributed by atoms with E-state index in [1.54, 1.807) is 4.90 Å². The highest BCUT2D eigenvalue weighted by Crippen LogP contribution is 2.31. The molecule has 0 saturated carbocycles. The molecule has 1 fully saturated rings. The number of likely N-dealkylation sites (N-methyl/N-ethyl adjacent to an activating group) is 1. The van der Waals surface area contributed by atoms with E-state index >= 15 is 0 Å². The first-order valence-corrected chi connectivity index (χ1v) is 11.9. The molecular weight excluding hydrogens is 414 g/mol. The monoisotopic (exact) mass is 451 g/mol. The van der Waals surface area contributed by atoms with E-state index in [1.807, 2.05) is 20.0 Å². The minimum absolute atomic E-state index is 0.0930. The zero-order chi connectivity index (χ0) is 23.8. The Morgan fingerprint density at radius 2 is 1.97 bits per heavy atom. The van der Waals surface area contributed by atoms with Gasteiger partial charge in [0.15, 0.2) is 0 Å². The van der Waals surface area contributed by atoms with Gasteiger partial charge in [0.2, 0.25) is 5.91 Å². The Kier molecular flexibility index (Phi) is 6.64. The molecule has 3 heterocycles. The third-order valence-electron chi connectivity index (χ3n) is 6.73. The number of anilines is 1. The zero-order valence-electron chi connectivity index (χ0n) is 20.8. The van der Waals surface area contributed by atoms with Crippen LogP contribution in [0, 0.1) is 12.3 Å². The first-order valence-electron chi connectivity index (χ1n) is 11.9. The van der Waals surface area contributed by atoms with Crippen molar-refractivity contribution in [2.45, 2.75) is 53.5 Å². The van der Waals surface area contributed by atoms with Crippen LogP contribution in [0.1, 0.15) is 45.4 Å². The number of carbonyl (C=O) groups excluding carboxylic acids is 1. The Balaban J connectivity index is 1.56. The fourth-order valence-electron chi connectivity index (χ4n) is 4.46. The second-order valence-corrected chi connectivity index (χ2v) is 10.4. The summed E-state index contributed by atoms with van der Waals surface area (Å²) in [6.07, 6.45) is 2.08. The van der Waals surface area contributed by atoms with Crippen molar-refractivity contribution in [2.24, 2.45) is 5.41 Å². The summed E-state index contributed by atoms with van der Waals surface area (Å²) in [6.45, 7) is 13.8. The molecule has 1 atom stereocenters. The number of amides is 1. The van der Waals surface area contributed by atoms with Crippen molar-refractivity contribution >= 4 is 22.5 Å². The number of aromatic amines is 2. The standard InChI is InChI=1S/C26H37N5O2/c1-17-21(9-10-26(3,4)5)24(29-28-17)23-15-19-7-8-20(16-22(19)27-23)30(6)25(32)18(2)31-11-13-33-14-12-31/h7-8,15-16,18,27H,9-14H2,1-6H3,(H,28,29)/t18-/m1/s1. The highest BCUT2D eigenvalue weighted by atomic mass is 16.5. The van der Waals surface area contributed by atoms with Crippen LogP contribution in [0.15, 0.2) is 24.3 Å². The molecule has 1 aliphatic rings. The molecule has 0 aliphatic carbocycles. The molecule has 0 bridgehead atoms. The smallest absolute Gasteiger partial charge is 0.243 e. The van der Waals surface area contributed by atoms with Crippen LogP contribution < -0.4 is 4.90 Å². The maximum absolute atomic E-state index is 13.1. The molecule has 1 saturated heterocycles. The summed E-state index contributed by atoms with van der Waals surface area (Å²) in [4.78, 5) is 20.6. The average molecular weight is 452 g/mol. The number of rotatable bonds is 6. The fraction of sp³-hybridized carbons (Fsp3) is 0.538. The molecule has 1 aromatic carbocycles. The summed E-state index contributed by atoms with van der Waals surface area (Å²) in [5.74, 6) is 0.0930. The minimum Gasteiger partial charge on any atom is -0.379 e. The maximum Gasteiger partial charge on any atom is 0.243 e. The van der Waals surface area contributed by atoms with Crippen molar-refractivity contribution in [2.75, 3.05) is 38.3 Å². The van der Waals surface area contributed by atoms with E-state index < -0.39 is 0 Å². The van der Waals surface area contributed by atoms with Crippen LogP contribution in [0.5, 0.6) is 0 Å². The van der Waals surface area contributed by atoms with Crippen LogP contribution in [0.3, 0.4) is 0 Å². The molecule has 7 nitrogen and oxygen atoms in total. The number of fused-ring (bicyclic) bond motifs is 1. The zero-order valence-corrected chi connectivity index (χ0v) is 20.8. The topological polar surface area (TPSA) is 77.2 Å². The molecule has 0 radical (unpaired) electrons. The van der Waals surface area contributed by atoms with E-state index in [2.05, 4.69) is 66.0 Å². The summed E-state index contributed by atoms with van der Waals surface area (Å²) in [6, 6.07) is 8.11. The van der Waals surface area contributed by atoms with Gasteiger partial charge in [-0.05, 0) is 50.3 Å². The van der Waals surface area contributed by atoms with Crippen molar-refractivity contribution in [1.82, 2.24) is 20.1 Å². The van der Waals surface area contributed by atoms with Crippen LogP contribution in [0.4, 0.5) is 5.69 Å². The highest BCUT2D eigenvalue weighted by Gasteiger charge is 2.26. The van der Waals surface area contributed by atoms with Gasteiger partial charge in [0.25, 0.3) is 0 Å². The summed E-state index contributed by atoms with van der Waals surface area (Å²) in [5.41, 5.74) is 6.53. The summed E-state index contributed by atoms with van der Waals surface area (Å²) >= 11 is 0.